The topological polar surface area (TPSA) is 49.4 Å². The molecule has 0 aromatic heterocycles. The van der Waals surface area contributed by atoms with Crippen molar-refractivity contribution < 1.29 is 8.42 Å². The molecule has 1 aromatic rings. The molecule has 0 bridgehead atoms. The molecule has 0 unspecified atom stereocenters. The number of benzene rings is 1. The average molecular weight is 317 g/mol. The number of nitrogens with zero attached hydrogens (tertiary/aromatic N) is 1. The van der Waals surface area contributed by atoms with Crippen LogP contribution in [0.1, 0.15) is 25.7 Å². The van der Waals surface area contributed by atoms with Crippen LogP contribution in [0.4, 0.5) is 0 Å². The van der Waals surface area contributed by atoms with Gasteiger partial charge in [-0.2, -0.15) is 0 Å². The predicted octanol–water partition coefficient (Wildman–Crippen LogP) is 2.49. The molecule has 0 aliphatic carbocycles. The summed E-state index contributed by atoms with van der Waals surface area (Å²) in [5.41, 5.74) is 0. The van der Waals surface area contributed by atoms with Crippen molar-refractivity contribution in [3.8, 4) is 0 Å². The molecule has 0 atom stereocenters. The van der Waals surface area contributed by atoms with Gasteiger partial charge in [0.15, 0.2) is 0 Å². The van der Waals surface area contributed by atoms with Gasteiger partial charge in [0.25, 0.3) is 0 Å². The first-order valence-electron chi connectivity index (χ1n) is 7.05. The van der Waals surface area contributed by atoms with Gasteiger partial charge in [0.2, 0.25) is 10.0 Å². The molecule has 0 saturated carbocycles. The Morgan fingerprint density at radius 1 is 1.15 bits per heavy atom. The molecule has 4 nitrogen and oxygen atoms in total. The lowest BCUT2D eigenvalue weighted by Crippen LogP contribution is -2.35. The summed E-state index contributed by atoms with van der Waals surface area (Å²) in [4.78, 5) is 2.55. The highest BCUT2D eigenvalue weighted by atomic mass is 35.5. The van der Waals surface area contributed by atoms with E-state index in [1.54, 1.807) is 18.2 Å². The van der Waals surface area contributed by atoms with Crippen LogP contribution < -0.4 is 4.72 Å². The van der Waals surface area contributed by atoms with E-state index in [2.05, 4.69) is 9.62 Å². The van der Waals surface area contributed by atoms with E-state index in [-0.39, 0.29) is 4.90 Å². The summed E-state index contributed by atoms with van der Waals surface area (Å²) in [7, 11) is -3.45. The predicted molar refractivity (Wildman–Crippen MR) is 81.5 cm³/mol. The maximum Gasteiger partial charge on any atom is 0.240 e. The molecule has 0 radical (unpaired) electrons. The van der Waals surface area contributed by atoms with Gasteiger partial charge in [-0.15, -0.1) is 0 Å². The molecule has 0 amide bonds. The van der Waals surface area contributed by atoms with Gasteiger partial charge in [0, 0.05) is 18.1 Å². The van der Waals surface area contributed by atoms with Gasteiger partial charge in [-0.05, 0) is 44.1 Å². The van der Waals surface area contributed by atoms with Crippen molar-refractivity contribution in [2.45, 2.75) is 30.6 Å². The second-order valence-electron chi connectivity index (χ2n) is 5.11. The van der Waals surface area contributed by atoms with Crippen molar-refractivity contribution in [3.05, 3.63) is 29.3 Å². The van der Waals surface area contributed by atoms with Crippen LogP contribution in [0.3, 0.4) is 0 Å². The Hall–Kier alpha value is -0.620. The fourth-order valence-corrected chi connectivity index (χ4v) is 3.74. The highest BCUT2D eigenvalue weighted by Gasteiger charge is 2.15. The molecular formula is C14H21ClN2O2S. The summed E-state index contributed by atoms with van der Waals surface area (Å²) in [6, 6.07) is 6.33. The van der Waals surface area contributed by atoms with Crippen molar-refractivity contribution in [3.63, 3.8) is 0 Å². The summed E-state index contributed by atoms with van der Waals surface area (Å²) < 4.78 is 26.9. The average Bonchev–Trinajstić information content (AvgIpc) is 2.67. The largest absolute Gasteiger partial charge is 0.302 e. The second-order valence-corrected chi connectivity index (χ2v) is 7.31. The standard InChI is InChI=1S/C14H21ClN2O2S/c15-13-6-5-7-14(12-13)20(18,19)16-8-11-17-9-3-1-2-4-10-17/h5-7,12,16H,1-4,8-11H2. The first-order chi connectivity index (χ1) is 9.58. The normalized spacial score (nSPS) is 17.9. The third-order valence-corrected chi connectivity index (χ3v) is 5.22. The summed E-state index contributed by atoms with van der Waals surface area (Å²) in [6.45, 7) is 3.34. The van der Waals surface area contributed by atoms with E-state index in [0.29, 0.717) is 11.6 Å². The zero-order chi connectivity index (χ0) is 14.4. The molecular weight excluding hydrogens is 296 g/mol. The Morgan fingerprint density at radius 3 is 2.50 bits per heavy atom. The van der Waals surface area contributed by atoms with E-state index >= 15 is 0 Å². The van der Waals surface area contributed by atoms with E-state index in [9.17, 15) is 8.42 Å². The third kappa shape index (κ3) is 4.74. The smallest absolute Gasteiger partial charge is 0.240 e. The molecule has 2 rings (SSSR count). The Morgan fingerprint density at radius 2 is 1.85 bits per heavy atom. The van der Waals surface area contributed by atoms with Crippen molar-refractivity contribution in [2.75, 3.05) is 26.2 Å². The molecule has 1 aliphatic heterocycles. The molecule has 20 heavy (non-hydrogen) atoms. The lowest BCUT2D eigenvalue weighted by atomic mass is 10.2. The number of nitrogens with one attached hydrogen (secondary N) is 1. The number of halogens is 1. The monoisotopic (exact) mass is 316 g/mol. The fourth-order valence-electron chi connectivity index (χ4n) is 2.42. The Bertz CT molecular complexity index is 526. The van der Waals surface area contributed by atoms with Crippen LogP contribution in [0, 0.1) is 0 Å². The molecule has 1 N–H and O–H groups in total. The minimum Gasteiger partial charge on any atom is -0.302 e. The van der Waals surface area contributed by atoms with E-state index in [1.165, 1.54) is 31.7 Å². The van der Waals surface area contributed by atoms with Gasteiger partial charge >= 0.3 is 0 Å². The van der Waals surface area contributed by atoms with Crippen LogP contribution in [-0.4, -0.2) is 39.5 Å². The quantitative estimate of drug-likeness (QED) is 0.908. The molecule has 1 aliphatic rings. The van der Waals surface area contributed by atoms with Gasteiger partial charge in [0.05, 0.1) is 4.90 Å². The van der Waals surface area contributed by atoms with Crippen LogP contribution in [0.2, 0.25) is 5.02 Å². The van der Waals surface area contributed by atoms with Crippen molar-refractivity contribution >= 4 is 21.6 Å². The van der Waals surface area contributed by atoms with Gasteiger partial charge in [-0.1, -0.05) is 30.5 Å². The Kier molecular flexibility index (Phi) is 5.84. The van der Waals surface area contributed by atoms with Gasteiger partial charge in [-0.3, -0.25) is 0 Å². The van der Waals surface area contributed by atoms with Crippen molar-refractivity contribution in [1.82, 2.24) is 9.62 Å². The maximum absolute atomic E-state index is 12.1. The molecule has 0 spiro atoms. The van der Waals surface area contributed by atoms with Crippen molar-refractivity contribution in [2.24, 2.45) is 0 Å². The number of sulfonamides is 1. The highest BCUT2D eigenvalue weighted by molar-refractivity contribution is 7.89. The molecule has 6 heteroatoms. The summed E-state index contributed by atoms with van der Waals surface area (Å²) in [5.74, 6) is 0. The minimum absolute atomic E-state index is 0.223. The molecule has 1 fully saturated rings. The van der Waals surface area contributed by atoms with E-state index in [1.807, 2.05) is 0 Å². The van der Waals surface area contributed by atoms with E-state index in [0.717, 1.165) is 19.6 Å². The van der Waals surface area contributed by atoms with Gasteiger partial charge in [-0.25, -0.2) is 13.1 Å². The van der Waals surface area contributed by atoms with Crippen LogP contribution in [0.5, 0.6) is 0 Å². The van der Waals surface area contributed by atoms with Crippen LogP contribution in [0.25, 0.3) is 0 Å². The lowest BCUT2D eigenvalue weighted by Gasteiger charge is -2.19. The Labute approximate surface area is 126 Å². The molecule has 1 aromatic carbocycles. The number of hydrogen-bond acceptors (Lipinski definition) is 3. The highest BCUT2D eigenvalue weighted by Crippen LogP contribution is 2.15. The zero-order valence-electron chi connectivity index (χ0n) is 11.5. The molecule has 1 heterocycles. The number of rotatable bonds is 5. The molecule has 112 valence electrons. The van der Waals surface area contributed by atoms with Crippen LogP contribution in [0.15, 0.2) is 29.2 Å². The number of likely N-dealkylation sites (tertiary alicyclic amines) is 1. The zero-order valence-corrected chi connectivity index (χ0v) is 13.1. The molecule has 1 saturated heterocycles. The maximum atomic E-state index is 12.1. The summed E-state index contributed by atoms with van der Waals surface area (Å²) >= 11 is 5.82. The van der Waals surface area contributed by atoms with Crippen LogP contribution >= 0.6 is 11.6 Å². The summed E-state index contributed by atoms with van der Waals surface area (Å²) in [6.07, 6.45) is 4.98. The van der Waals surface area contributed by atoms with E-state index < -0.39 is 10.0 Å². The van der Waals surface area contributed by atoms with Crippen molar-refractivity contribution in [1.29, 1.82) is 0 Å². The minimum atomic E-state index is -3.45. The third-order valence-electron chi connectivity index (χ3n) is 3.53. The summed E-state index contributed by atoms with van der Waals surface area (Å²) in [5, 5.41) is 0.431. The second kappa shape index (κ2) is 7.41. The Balaban J connectivity index is 1.86. The van der Waals surface area contributed by atoms with Crippen LogP contribution in [-0.2, 0) is 10.0 Å². The van der Waals surface area contributed by atoms with Gasteiger partial charge in [0.1, 0.15) is 0 Å². The first-order valence-corrected chi connectivity index (χ1v) is 8.92. The first kappa shape index (κ1) is 15.8. The lowest BCUT2D eigenvalue weighted by molar-refractivity contribution is 0.290. The fraction of sp³-hybridized carbons (Fsp3) is 0.571. The van der Waals surface area contributed by atoms with E-state index in [4.69, 9.17) is 11.6 Å². The van der Waals surface area contributed by atoms with Gasteiger partial charge < -0.3 is 4.90 Å². The number of hydrogen-bond donors (Lipinski definition) is 1. The SMILES string of the molecule is O=S(=O)(NCCN1CCCCCC1)c1cccc(Cl)c1.